The number of aromatic nitrogens is 1. The van der Waals surface area contributed by atoms with Crippen LogP contribution >= 0.6 is 11.6 Å². The summed E-state index contributed by atoms with van der Waals surface area (Å²) >= 11 is 6.43. The Morgan fingerprint density at radius 2 is 1.71 bits per heavy atom. The summed E-state index contributed by atoms with van der Waals surface area (Å²) in [6.07, 6.45) is -0.550. The number of esters is 1. The number of benzene rings is 3. The molecular formula is C28H29ClN2O4. The maximum absolute atomic E-state index is 12.9. The van der Waals surface area contributed by atoms with Crippen LogP contribution < -0.4 is 5.32 Å². The van der Waals surface area contributed by atoms with E-state index < -0.39 is 17.7 Å². The van der Waals surface area contributed by atoms with E-state index in [-0.39, 0.29) is 13.2 Å². The fourth-order valence-corrected chi connectivity index (χ4v) is 4.51. The third-order valence-electron chi connectivity index (χ3n) is 5.78. The molecule has 4 aromatic rings. The van der Waals surface area contributed by atoms with Gasteiger partial charge in [0.1, 0.15) is 5.60 Å². The molecule has 7 heteroatoms. The van der Waals surface area contributed by atoms with Gasteiger partial charge in [0.2, 0.25) is 0 Å². The molecule has 0 unspecified atom stereocenters. The van der Waals surface area contributed by atoms with E-state index in [1.165, 1.54) is 0 Å². The first-order chi connectivity index (χ1) is 16.6. The molecule has 1 heterocycles. The second kappa shape index (κ2) is 9.62. The van der Waals surface area contributed by atoms with Crippen LogP contribution in [0, 0.1) is 0 Å². The fraction of sp³-hybridized carbons (Fsp3) is 0.286. The van der Waals surface area contributed by atoms with Crippen molar-refractivity contribution in [3.63, 3.8) is 0 Å². The fourth-order valence-electron chi connectivity index (χ4n) is 4.28. The van der Waals surface area contributed by atoms with Gasteiger partial charge in [-0.25, -0.2) is 9.59 Å². The molecular weight excluding hydrogens is 464 g/mol. The van der Waals surface area contributed by atoms with Crippen molar-refractivity contribution < 1.29 is 19.1 Å². The molecule has 6 nitrogen and oxygen atoms in total. The van der Waals surface area contributed by atoms with Crippen LogP contribution in [-0.4, -0.2) is 28.8 Å². The Morgan fingerprint density at radius 3 is 2.40 bits per heavy atom. The molecule has 3 aromatic carbocycles. The van der Waals surface area contributed by atoms with E-state index in [2.05, 4.69) is 5.32 Å². The van der Waals surface area contributed by atoms with Gasteiger partial charge in [0.15, 0.2) is 0 Å². The molecule has 4 rings (SSSR count). The molecule has 0 aliphatic rings. The number of halogens is 1. The maximum Gasteiger partial charge on any atom is 0.407 e. The van der Waals surface area contributed by atoms with Crippen molar-refractivity contribution in [3.8, 4) is 11.1 Å². The van der Waals surface area contributed by atoms with Crippen molar-refractivity contribution in [2.75, 3.05) is 6.61 Å². The number of hydrogen-bond donors (Lipinski definition) is 1. The number of hydrogen-bond acceptors (Lipinski definition) is 4. The summed E-state index contributed by atoms with van der Waals surface area (Å²) < 4.78 is 12.6. The summed E-state index contributed by atoms with van der Waals surface area (Å²) in [5, 5.41) is 6.25. The lowest BCUT2D eigenvalue weighted by molar-refractivity contribution is 0.0502. The molecule has 0 saturated carbocycles. The minimum atomic E-state index is -0.622. The Kier molecular flexibility index (Phi) is 6.77. The standard InChI is InChI=1S/C28H29ClN2O4/c1-6-34-26(32)25-21-12-11-17(18-13-14-22(29)20-10-8-7-9-19(18)20)15-23(21)31(5)24(25)16-30-27(33)35-28(2,3)4/h7-15H,6,16H2,1-5H3,(H,30,33). The van der Waals surface area contributed by atoms with E-state index in [1.54, 1.807) is 27.7 Å². The molecule has 182 valence electrons. The Hall–Kier alpha value is -3.51. The third kappa shape index (κ3) is 4.98. The number of ether oxygens (including phenoxy) is 2. The van der Waals surface area contributed by atoms with Crippen LogP contribution in [0.25, 0.3) is 32.8 Å². The second-order valence-electron chi connectivity index (χ2n) is 9.33. The minimum absolute atomic E-state index is 0.119. The van der Waals surface area contributed by atoms with Crippen LogP contribution in [0.2, 0.25) is 5.02 Å². The summed E-state index contributed by atoms with van der Waals surface area (Å²) in [6.45, 7) is 7.54. The van der Waals surface area contributed by atoms with Gasteiger partial charge in [0.05, 0.1) is 24.4 Å². The highest BCUT2D eigenvalue weighted by molar-refractivity contribution is 6.36. The third-order valence-corrected chi connectivity index (χ3v) is 6.11. The van der Waals surface area contributed by atoms with Gasteiger partial charge in [0, 0.05) is 28.4 Å². The lowest BCUT2D eigenvalue weighted by Gasteiger charge is -2.20. The molecule has 0 aliphatic carbocycles. The van der Waals surface area contributed by atoms with Gasteiger partial charge in [-0.2, -0.15) is 0 Å². The largest absolute Gasteiger partial charge is 0.462 e. The number of nitrogens with zero attached hydrogens (tertiary/aromatic N) is 1. The van der Waals surface area contributed by atoms with E-state index in [1.807, 2.05) is 66.2 Å². The van der Waals surface area contributed by atoms with Crippen LogP contribution in [-0.2, 0) is 23.1 Å². The monoisotopic (exact) mass is 492 g/mol. The molecule has 35 heavy (non-hydrogen) atoms. The number of alkyl carbamates (subject to hydrolysis) is 1. The number of amides is 1. The summed E-state index contributed by atoms with van der Waals surface area (Å²) in [6, 6.07) is 17.9. The van der Waals surface area contributed by atoms with Gasteiger partial charge in [-0.05, 0) is 56.3 Å². The van der Waals surface area contributed by atoms with E-state index in [4.69, 9.17) is 21.1 Å². The topological polar surface area (TPSA) is 69.6 Å². The van der Waals surface area contributed by atoms with Crippen LogP contribution in [0.5, 0.6) is 0 Å². The Labute approximate surface area is 209 Å². The zero-order valence-electron chi connectivity index (χ0n) is 20.6. The van der Waals surface area contributed by atoms with Crippen LogP contribution in [0.3, 0.4) is 0 Å². The Balaban J connectivity index is 1.82. The van der Waals surface area contributed by atoms with E-state index in [9.17, 15) is 9.59 Å². The quantitative estimate of drug-likeness (QED) is 0.309. The zero-order valence-corrected chi connectivity index (χ0v) is 21.3. The molecule has 0 aliphatic heterocycles. The molecule has 0 fully saturated rings. The van der Waals surface area contributed by atoms with Crippen molar-refractivity contribution in [3.05, 3.63) is 70.9 Å². The van der Waals surface area contributed by atoms with Gasteiger partial charge in [-0.1, -0.05) is 54.1 Å². The molecule has 0 bridgehead atoms. The lowest BCUT2D eigenvalue weighted by Crippen LogP contribution is -2.33. The normalized spacial score (nSPS) is 11.6. The number of carbonyl (C=O) groups excluding carboxylic acids is 2. The SMILES string of the molecule is CCOC(=O)c1c(CNC(=O)OC(C)(C)C)n(C)c2cc(-c3ccc(Cl)c4ccccc34)ccc12. The predicted octanol–water partition coefficient (Wildman–Crippen LogP) is 6.85. The molecule has 0 saturated heterocycles. The second-order valence-corrected chi connectivity index (χ2v) is 9.74. The highest BCUT2D eigenvalue weighted by Gasteiger charge is 2.24. The first-order valence-corrected chi connectivity index (χ1v) is 11.9. The lowest BCUT2D eigenvalue weighted by atomic mass is 9.97. The van der Waals surface area contributed by atoms with Gasteiger partial charge < -0.3 is 19.4 Å². The van der Waals surface area contributed by atoms with Crippen LogP contribution in [0.4, 0.5) is 4.79 Å². The van der Waals surface area contributed by atoms with E-state index in [0.717, 1.165) is 32.8 Å². The zero-order chi connectivity index (χ0) is 25.3. The van der Waals surface area contributed by atoms with Crippen molar-refractivity contribution in [1.29, 1.82) is 0 Å². The summed E-state index contributed by atoms with van der Waals surface area (Å²) in [7, 11) is 1.88. The maximum atomic E-state index is 12.9. The Morgan fingerprint density at radius 1 is 1.00 bits per heavy atom. The van der Waals surface area contributed by atoms with Crippen molar-refractivity contribution >= 4 is 45.3 Å². The predicted molar refractivity (Wildman–Crippen MR) is 140 cm³/mol. The molecule has 0 spiro atoms. The van der Waals surface area contributed by atoms with Gasteiger partial charge in [0.25, 0.3) is 0 Å². The summed E-state index contributed by atoms with van der Waals surface area (Å²) in [5.74, 6) is -0.427. The number of rotatable bonds is 5. The number of carbonyl (C=O) groups is 2. The molecule has 0 atom stereocenters. The van der Waals surface area contributed by atoms with Gasteiger partial charge in [-0.15, -0.1) is 0 Å². The van der Waals surface area contributed by atoms with Gasteiger partial charge in [-0.3, -0.25) is 0 Å². The van der Waals surface area contributed by atoms with Crippen molar-refractivity contribution in [1.82, 2.24) is 9.88 Å². The molecule has 1 aromatic heterocycles. The summed E-state index contributed by atoms with van der Waals surface area (Å²) in [5.41, 5.74) is 3.34. The number of fused-ring (bicyclic) bond motifs is 2. The van der Waals surface area contributed by atoms with Crippen molar-refractivity contribution in [2.45, 2.75) is 39.8 Å². The average molecular weight is 493 g/mol. The van der Waals surface area contributed by atoms with Crippen molar-refractivity contribution in [2.24, 2.45) is 7.05 Å². The first-order valence-electron chi connectivity index (χ1n) is 11.5. The average Bonchev–Trinajstić information content (AvgIpc) is 3.08. The highest BCUT2D eigenvalue weighted by Crippen LogP contribution is 2.36. The molecule has 1 N–H and O–H groups in total. The first kappa shape index (κ1) is 24.6. The van der Waals surface area contributed by atoms with E-state index >= 15 is 0 Å². The van der Waals surface area contributed by atoms with Crippen LogP contribution in [0.15, 0.2) is 54.6 Å². The summed E-state index contributed by atoms with van der Waals surface area (Å²) in [4.78, 5) is 25.2. The van der Waals surface area contributed by atoms with E-state index in [0.29, 0.717) is 16.3 Å². The Bertz CT molecular complexity index is 1430. The minimum Gasteiger partial charge on any atom is -0.462 e. The number of nitrogens with one attached hydrogen (secondary N) is 1. The van der Waals surface area contributed by atoms with Gasteiger partial charge >= 0.3 is 12.1 Å². The van der Waals surface area contributed by atoms with Crippen LogP contribution in [0.1, 0.15) is 43.7 Å². The smallest absolute Gasteiger partial charge is 0.407 e. The molecule has 1 amide bonds. The number of aryl methyl sites for hydroxylation is 1. The highest BCUT2D eigenvalue weighted by atomic mass is 35.5. The molecule has 0 radical (unpaired) electrons.